The van der Waals surface area contributed by atoms with Gasteiger partial charge in [0.05, 0.1) is 16.7 Å². The summed E-state index contributed by atoms with van der Waals surface area (Å²) in [5.74, 6) is 1.32. The highest BCUT2D eigenvalue weighted by molar-refractivity contribution is 7.13. The number of hydrogen-bond donors (Lipinski definition) is 0. The zero-order chi connectivity index (χ0) is 20.2. The van der Waals surface area contributed by atoms with Crippen LogP contribution in [-0.2, 0) is 0 Å². The van der Waals surface area contributed by atoms with Gasteiger partial charge in [0.15, 0.2) is 0 Å². The standard InChI is InChI=1S/C20H22N6O2S/c1-12-16(29-13(2)22-12)19(27)26-10-20(11-26)8-15(25(3)9-20)18-23-17(24-28-18)14-4-6-21-7-5-14/h4-7,15H,8-11H2,1-3H3. The molecule has 2 aliphatic rings. The number of aromatic nitrogens is 4. The van der Waals surface area contributed by atoms with E-state index in [1.54, 1.807) is 12.4 Å². The quantitative estimate of drug-likeness (QED) is 0.656. The molecule has 2 aliphatic heterocycles. The van der Waals surface area contributed by atoms with Gasteiger partial charge < -0.3 is 9.42 Å². The van der Waals surface area contributed by atoms with E-state index in [0.29, 0.717) is 11.7 Å². The Morgan fingerprint density at radius 1 is 1.21 bits per heavy atom. The molecule has 1 spiro atoms. The van der Waals surface area contributed by atoms with Gasteiger partial charge in [0.25, 0.3) is 5.91 Å². The van der Waals surface area contributed by atoms with Gasteiger partial charge in [-0.1, -0.05) is 5.16 Å². The molecule has 5 heterocycles. The van der Waals surface area contributed by atoms with Crippen LogP contribution >= 0.6 is 11.3 Å². The van der Waals surface area contributed by atoms with Crippen LogP contribution in [0.15, 0.2) is 29.0 Å². The predicted molar refractivity (Wildman–Crippen MR) is 107 cm³/mol. The van der Waals surface area contributed by atoms with Gasteiger partial charge in [-0.3, -0.25) is 14.7 Å². The molecule has 29 heavy (non-hydrogen) atoms. The minimum Gasteiger partial charge on any atom is -0.337 e. The Balaban J connectivity index is 1.28. The van der Waals surface area contributed by atoms with Crippen molar-refractivity contribution in [3.05, 3.63) is 46.0 Å². The number of carbonyl (C=O) groups excluding carboxylic acids is 1. The van der Waals surface area contributed by atoms with Gasteiger partial charge in [0.1, 0.15) is 4.88 Å². The maximum Gasteiger partial charge on any atom is 0.265 e. The van der Waals surface area contributed by atoms with Crippen molar-refractivity contribution in [1.29, 1.82) is 0 Å². The maximum absolute atomic E-state index is 12.8. The lowest BCUT2D eigenvalue weighted by Gasteiger charge is -2.47. The van der Waals surface area contributed by atoms with Crippen LogP contribution < -0.4 is 0 Å². The van der Waals surface area contributed by atoms with E-state index >= 15 is 0 Å². The van der Waals surface area contributed by atoms with E-state index < -0.39 is 0 Å². The molecule has 9 heteroatoms. The first kappa shape index (κ1) is 18.4. The molecule has 3 aromatic heterocycles. The fourth-order valence-electron chi connectivity index (χ4n) is 4.54. The molecular formula is C20H22N6O2S. The number of thiazole rings is 1. The molecule has 2 saturated heterocycles. The Morgan fingerprint density at radius 2 is 1.97 bits per heavy atom. The molecule has 150 valence electrons. The van der Waals surface area contributed by atoms with Crippen molar-refractivity contribution in [3.63, 3.8) is 0 Å². The summed E-state index contributed by atoms with van der Waals surface area (Å²) in [6.45, 7) is 6.27. The van der Waals surface area contributed by atoms with E-state index in [4.69, 9.17) is 4.52 Å². The van der Waals surface area contributed by atoms with Crippen LogP contribution in [0.1, 0.15) is 38.7 Å². The summed E-state index contributed by atoms with van der Waals surface area (Å²) in [7, 11) is 2.08. The molecule has 0 aromatic carbocycles. The maximum atomic E-state index is 12.8. The van der Waals surface area contributed by atoms with Gasteiger partial charge in [-0.05, 0) is 39.4 Å². The minimum absolute atomic E-state index is 0.0720. The highest BCUT2D eigenvalue weighted by Crippen LogP contribution is 2.48. The fourth-order valence-corrected chi connectivity index (χ4v) is 5.43. The average Bonchev–Trinajstić information content (AvgIpc) is 3.37. The SMILES string of the molecule is Cc1nc(C)c(C(=O)N2CC3(CC(c4nc(-c5ccncc5)no4)N(C)C3)C2)s1. The number of likely N-dealkylation sites (tertiary alicyclic amines) is 2. The number of nitrogens with zero attached hydrogens (tertiary/aromatic N) is 6. The van der Waals surface area contributed by atoms with E-state index in [9.17, 15) is 4.79 Å². The molecule has 0 bridgehead atoms. The molecule has 0 radical (unpaired) electrons. The van der Waals surface area contributed by atoms with Crippen molar-refractivity contribution in [1.82, 2.24) is 29.9 Å². The third kappa shape index (κ3) is 3.14. The Hall–Kier alpha value is -2.65. The number of rotatable bonds is 3. The van der Waals surface area contributed by atoms with E-state index in [1.807, 2.05) is 30.9 Å². The number of pyridine rings is 1. The zero-order valence-electron chi connectivity index (χ0n) is 16.6. The fraction of sp³-hybridized carbons (Fsp3) is 0.450. The Bertz CT molecular complexity index is 1060. The van der Waals surface area contributed by atoms with Crippen molar-refractivity contribution in [3.8, 4) is 11.4 Å². The molecule has 8 nitrogen and oxygen atoms in total. The van der Waals surface area contributed by atoms with E-state index in [0.717, 1.165) is 47.2 Å². The largest absolute Gasteiger partial charge is 0.337 e. The average molecular weight is 411 g/mol. The summed E-state index contributed by atoms with van der Waals surface area (Å²) in [6.07, 6.45) is 4.34. The summed E-state index contributed by atoms with van der Waals surface area (Å²) < 4.78 is 5.59. The van der Waals surface area contributed by atoms with Gasteiger partial charge in [-0.2, -0.15) is 4.98 Å². The van der Waals surface area contributed by atoms with Crippen LogP contribution in [0, 0.1) is 19.3 Å². The molecule has 0 saturated carbocycles. The lowest BCUT2D eigenvalue weighted by Crippen LogP contribution is -2.59. The monoisotopic (exact) mass is 410 g/mol. The predicted octanol–water partition coefficient (Wildman–Crippen LogP) is 2.72. The van der Waals surface area contributed by atoms with E-state index in [-0.39, 0.29) is 17.4 Å². The second-order valence-electron chi connectivity index (χ2n) is 8.14. The molecule has 1 atom stereocenters. The van der Waals surface area contributed by atoms with Crippen LogP contribution in [0.2, 0.25) is 0 Å². The second-order valence-corrected chi connectivity index (χ2v) is 9.34. The lowest BCUT2D eigenvalue weighted by atomic mass is 9.77. The van der Waals surface area contributed by atoms with Gasteiger partial charge in [0.2, 0.25) is 11.7 Å². The first-order valence-corrected chi connectivity index (χ1v) is 10.4. The van der Waals surface area contributed by atoms with Crippen LogP contribution in [-0.4, -0.2) is 62.5 Å². The van der Waals surface area contributed by atoms with E-state index in [1.165, 1.54) is 11.3 Å². The normalized spacial score (nSPS) is 20.9. The van der Waals surface area contributed by atoms with Crippen molar-refractivity contribution >= 4 is 17.2 Å². The van der Waals surface area contributed by atoms with Crippen LogP contribution in [0.4, 0.5) is 0 Å². The molecule has 5 rings (SSSR count). The summed E-state index contributed by atoms with van der Waals surface area (Å²) in [6, 6.07) is 3.81. The second kappa shape index (κ2) is 6.70. The number of carbonyl (C=O) groups is 1. The van der Waals surface area contributed by atoms with Crippen molar-refractivity contribution in [2.45, 2.75) is 26.3 Å². The van der Waals surface area contributed by atoms with Crippen LogP contribution in [0.3, 0.4) is 0 Å². The number of amides is 1. The van der Waals surface area contributed by atoms with E-state index in [2.05, 4.69) is 32.1 Å². The van der Waals surface area contributed by atoms with Crippen LogP contribution in [0.5, 0.6) is 0 Å². The molecule has 0 aliphatic carbocycles. The topological polar surface area (TPSA) is 88.2 Å². The minimum atomic E-state index is 0.0720. The first-order valence-electron chi connectivity index (χ1n) is 9.62. The molecule has 1 amide bonds. The van der Waals surface area contributed by atoms with Gasteiger partial charge >= 0.3 is 0 Å². The molecular weight excluding hydrogens is 388 g/mol. The summed E-state index contributed by atoms with van der Waals surface area (Å²) in [5, 5.41) is 5.07. The Kier molecular flexibility index (Phi) is 4.25. The van der Waals surface area contributed by atoms with Crippen molar-refractivity contribution in [2.24, 2.45) is 5.41 Å². The third-order valence-corrected chi connectivity index (χ3v) is 6.91. The molecule has 1 unspecified atom stereocenters. The van der Waals surface area contributed by atoms with Crippen molar-refractivity contribution < 1.29 is 9.32 Å². The number of aryl methyl sites for hydroxylation is 2. The highest BCUT2D eigenvalue weighted by Gasteiger charge is 2.53. The first-order chi connectivity index (χ1) is 13.9. The molecule has 0 N–H and O–H groups in total. The highest BCUT2D eigenvalue weighted by atomic mass is 32.1. The summed E-state index contributed by atoms with van der Waals surface area (Å²) in [5.41, 5.74) is 1.81. The number of hydrogen-bond acceptors (Lipinski definition) is 8. The zero-order valence-corrected chi connectivity index (χ0v) is 17.4. The molecule has 3 aromatic rings. The molecule has 2 fully saturated rings. The van der Waals surface area contributed by atoms with Gasteiger partial charge in [-0.15, -0.1) is 11.3 Å². The Labute approximate surface area is 172 Å². The summed E-state index contributed by atoms with van der Waals surface area (Å²) >= 11 is 1.48. The van der Waals surface area contributed by atoms with Gasteiger partial charge in [-0.25, -0.2) is 4.98 Å². The lowest BCUT2D eigenvalue weighted by molar-refractivity contribution is 0.0118. The smallest absolute Gasteiger partial charge is 0.265 e. The Morgan fingerprint density at radius 3 is 2.66 bits per heavy atom. The third-order valence-electron chi connectivity index (χ3n) is 5.85. The van der Waals surface area contributed by atoms with Gasteiger partial charge in [0, 0.05) is 43.0 Å². The van der Waals surface area contributed by atoms with Crippen LogP contribution in [0.25, 0.3) is 11.4 Å². The summed E-state index contributed by atoms with van der Waals surface area (Å²) in [4.78, 5) is 30.8. The van der Waals surface area contributed by atoms with Crippen molar-refractivity contribution in [2.75, 3.05) is 26.7 Å².